The molecule has 2 saturated heterocycles. The van der Waals surface area contributed by atoms with Gasteiger partial charge in [-0.1, -0.05) is 54.3 Å². The van der Waals surface area contributed by atoms with Crippen molar-refractivity contribution in [1.82, 2.24) is 14.8 Å². The van der Waals surface area contributed by atoms with E-state index >= 15 is 0 Å². The Labute approximate surface area is 260 Å². The average molecular weight is 610 g/mol. The molecule has 0 spiro atoms. The molecule has 0 unspecified atom stereocenters. The van der Waals surface area contributed by atoms with Crippen molar-refractivity contribution in [1.29, 1.82) is 0 Å². The third kappa shape index (κ3) is 6.80. The topological polar surface area (TPSA) is 83.0 Å². The van der Waals surface area contributed by atoms with Gasteiger partial charge in [-0.05, 0) is 97.6 Å². The van der Waals surface area contributed by atoms with Crippen LogP contribution in [-0.2, 0) is 11.2 Å². The number of hydrogen-bond acceptors (Lipinski definition) is 7. The summed E-state index contributed by atoms with van der Waals surface area (Å²) >= 11 is 6.89. The third-order valence-electron chi connectivity index (χ3n) is 7.80. The largest absolute Gasteiger partial charge is 0.492 e. The molecule has 1 aromatic heterocycles. The maximum absolute atomic E-state index is 13.5. The fourth-order valence-corrected chi connectivity index (χ4v) is 6.71. The summed E-state index contributed by atoms with van der Waals surface area (Å²) in [6, 6.07) is 23.0. The summed E-state index contributed by atoms with van der Waals surface area (Å²) in [6.45, 7) is 4.08. The maximum Gasteiger partial charge on any atom is 0.335 e. The van der Waals surface area contributed by atoms with E-state index in [1.54, 1.807) is 35.4 Å². The Bertz CT molecular complexity index is 1710. The number of carboxylic acid groups (broad SMARTS) is 1. The van der Waals surface area contributed by atoms with Gasteiger partial charge in [0.25, 0.3) is 5.91 Å². The molecule has 1 amide bonds. The first-order valence-corrected chi connectivity index (χ1v) is 15.6. The second-order valence-electron chi connectivity index (χ2n) is 10.6. The van der Waals surface area contributed by atoms with E-state index in [1.165, 1.54) is 24.6 Å². The van der Waals surface area contributed by atoms with E-state index in [-0.39, 0.29) is 11.5 Å². The number of amides is 1. The van der Waals surface area contributed by atoms with Crippen molar-refractivity contribution in [3.63, 3.8) is 0 Å². The molecule has 0 bridgehead atoms. The van der Waals surface area contributed by atoms with Crippen LogP contribution in [0.3, 0.4) is 0 Å². The molecule has 3 heterocycles. The van der Waals surface area contributed by atoms with Crippen molar-refractivity contribution in [3.05, 3.63) is 101 Å². The second kappa shape index (κ2) is 13.1. The van der Waals surface area contributed by atoms with Crippen molar-refractivity contribution < 1.29 is 19.4 Å². The summed E-state index contributed by atoms with van der Waals surface area (Å²) in [6.07, 6.45) is 6.71. The molecule has 6 rings (SSSR count). The lowest BCUT2D eigenvalue weighted by molar-refractivity contribution is -0.122. The van der Waals surface area contributed by atoms with Gasteiger partial charge in [0, 0.05) is 30.2 Å². The lowest BCUT2D eigenvalue weighted by atomic mass is 10.0. The van der Waals surface area contributed by atoms with Gasteiger partial charge < -0.3 is 9.84 Å². The number of thiocarbonyl (C=S) groups is 1. The van der Waals surface area contributed by atoms with Crippen molar-refractivity contribution in [2.75, 3.05) is 32.8 Å². The average Bonchev–Trinajstić information content (AvgIpc) is 3.64. The number of aromatic carboxylic acids is 1. The Kier molecular flexibility index (Phi) is 8.83. The van der Waals surface area contributed by atoms with Crippen molar-refractivity contribution in [2.24, 2.45) is 0 Å². The fourth-order valence-electron chi connectivity index (χ4n) is 5.41. The molecular formula is C34H31N3O4S2. The Morgan fingerprint density at radius 1 is 1.00 bits per heavy atom. The Hall–Kier alpha value is -4.05. The molecule has 9 heteroatoms. The van der Waals surface area contributed by atoms with Gasteiger partial charge >= 0.3 is 5.97 Å². The van der Waals surface area contributed by atoms with Gasteiger partial charge in [0.1, 0.15) is 16.7 Å². The van der Waals surface area contributed by atoms with Crippen LogP contribution >= 0.6 is 24.0 Å². The molecule has 2 aliphatic heterocycles. The van der Waals surface area contributed by atoms with Gasteiger partial charge in [0.2, 0.25) is 0 Å². The minimum absolute atomic E-state index is 0.137. The van der Waals surface area contributed by atoms with Crippen molar-refractivity contribution in [2.45, 2.75) is 19.3 Å². The predicted octanol–water partition coefficient (Wildman–Crippen LogP) is 6.52. The number of likely N-dealkylation sites (tertiary alicyclic amines) is 1. The Balaban J connectivity index is 1.24. The molecule has 0 saturated carbocycles. The number of carbonyl (C=O) groups excluding carboxylic acids is 1. The molecule has 43 heavy (non-hydrogen) atoms. The van der Waals surface area contributed by atoms with E-state index < -0.39 is 5.97 Å². The maximum atomic E-state index is 13.5. The van der Waals surface area contributed by atoms with Crippen LogP contribution in [0.2, 0.25) is 0 Å². The number of benzene rings is 3. The highest BCUT2D eigenvalue weighted by molar-refractivity contribution is 8.26. The number of carbonyl (C=O) groups is 2. The van der Waals surface area contributed by atoms with Crippen LogP contribution < -0.4 is 4.74 Å². The fraction of sp³-hybridized carbons (Fsp3) is 0.235. The second-order valence-corrected chi connectivity index (χ2v) is 12.3. The van der Waals surface area contributed by atoms with E-state index in [0.29, 0.717) is 28.8 Å². The number of aromatic nitrogens is 1. The van der Waals surface area contributed by atoms with Crippen LogP contribution in [0, 0.1) is 0 Å². The first-order chi connectivity index (χ1) is 20.9. The monoisotopic (exact) mass is 609 g/mol. The van der Waals surface area contributed by atoms with Gasteiger partial charge in [-0.25, -0.2) is 4.79 Å². The summed E-state index contributed by atoms with van der Waals surface area (Å²) < 4.78 is 6.79. The normalized spacial score (nSPS) is 16.5. The summed E-state index contributed by atoms with van der Waals surface area (Å²) in [5, 5.41) is 10.2. The number of ether oxygens (including phenoxy) is 1. The number of nitrogens with zero attached hydrogens (tertiary/aromatic N) is 3. The van der Waals surface area contributed by atoms with Crippen LogP contribution in [0.4, 0.5) is 0 Å². The molecular weight excluding hydrogens is 579 g/mol. The predicted molar refractivity (Wildman–Crippen MR) is 175 cm³/mol. The van der Waals surface area contributed by atoms with Crippen LogP contribution in [0.1, 0.15) is 34.3 Å². The number of thioether (sulfide) groups is 1. The molecule has 218 valence electrons. The highest BCUT2D eigenvalue weighted by atomic mass is 32.2. The van der Waals surface area contributed by atoms with E-state index in [2.05, 4.69) is 40.2 Å². The molecule has 2 aliphatic rings. The minimum atomic E-state index is -0.963. The van der Waals surface area contributed by atoms with Gasteiger partial charge in [0.05, 0.1) is 16.0 Å². The van der Waals surface area contributed by atoms with E-state index in [1.807, 2.05) is 24.3 Å². The lowest BCUT2D eigenvalue weighted by Gasteiger charge is -2.17. The standard InChI is InChI=1S/C34H31N3O4S2/c38-32-31(43-34(42)37(32)17-13-23-5-7-24(8-6-23)33(39)40)22-28-21-26(25-9-11-29-27(20-25)4-3-14-35-29)10-12-30(28)41-19-18-36-15-1-2-16-36/h3-12,14,20-22H,1-2,13,15-19H2,(H,39,40)/b31-22-. The lowest BCUT2D eigenvalue weighted by Crippen LogP contribution is -2.30. The Morgan fingerprint density at radius 2 is 1.77 bits per heavy atom. The number of rotatable bonds is 10. The smallest absolute Gasteiger partial charge is 0.335 e. The third-order valence-corrected chi connectivity index (χ3v) is 9.17. The minimum Gasteiger partial charge on any atom is -0.492 e. The number of carboxylic acids is 1. The first-order valence-electron chi connectivity index (χ1n) is 14.4. The highest BCUT2D eigenvalue weighted by Crippen LogP contribution is 2.36. The molecule has 1 N–H and O–H groups in total. The molecule has 0 atom stereocenters. The van der Waals surface area contributed by atoms with Crippen molar-refractivity contribution in [3.8, 4) is 16.9 Å². The number of pyridine rings is 1. The summed E-state index contributed by atoms with van der Waals surface area (Å²) in [7, 11) is 0. The molecule has 3 aromatic carbocycles. The van der Waals surface area contributed by atoms with Crippen LogP contribution in [0.15, 0.2) is 83.9 Å². The van der Waals surface area contributed by atoms with Crippen LogP contribution in [0.25, 0.3) is 28.1 Å². The first kappa shape index (κ1) is 29.0. The highest BCUT2D eigenvalue weighted by Gasteiger charge is 2.32. The van der Waals surface area contributed by atoms with Gasteiger partial charge in [-0.3, -0.25) is 19.6 Å². The number of fused-ring (bicyclic) bond motifs is 1. The van der Waals surface area contributed by atoms with Crippen LogP contribution in [-0.4, -0.2) is 68.9 Å². The zero-order valence-corrected chi connectivity index (χ0v) is 25.2. The summed E-state index contributed by atoms with van der Waals surface area (Å²) in [4.78, 5) is 33.7. The molecule has 2 fully saturated rings. The summed E-state index contributed by atoms with van der Waals surface area (Å²) in [5.74, 6) is -0.369. The van der Waals surface area contributed by atoms with Crippen molar-refractivity contribution >= 4 is 57.2 Å². The van der Waals surface area contributed by atoms with Gasteiger partial charge in [-0.2, -0.15) is 0 Å². The molecule has 0 aliphatic carbocycles. The van der Waals surface area contributed by atoms with E-state index in [0.717, 1.165) is 58.5 Å². The molecule has 4 aromatic rings. The van der Waals surface area contributed by atoms with Gasteiger partial charge in [0.15, 0.2) is 0 Å². The zero-order valence-electron chi connectivity index (χ0n) is 23.6. The molecule has 7 nitrogen and oxygen atoms in total. The summed E-state index contributed by atoms with van der Waals surface area (Å²) in [5.41, 5.74) is 5.02. The van der Waals surface area contributed by atoms with E-state index in [4.69, 9.17) is 22.1 Å². The number of hydrogen-bond donors (Lipinski definition) is 1. The van der Waals surface area contributed by atoms with Crippen LogP contribution in [0.5, 0.6) is 5.75 Å². The molecule has 0 radical (unpaired) electrons. The zero-order chi connectivity index (χ0) is 29.8. The van der Waals surface area contributed by atoms with E-state index in [9.17, 15) is 9.59 Å². The SMILES string of the molecule is O=C(O)c1ccc(CCN2C(=O)/C(=C/c3cc(-c4ccc5ncccc5c4)ccc3OCCN3CCCC3)SC2=S)cc1. The quantitative estimate of drug-likeness (QED) is 0.161. The van der Waals surface area contributed by atoms with Gasteiger partial charge in [-0.15, -0.1) is 0 Å². The Morgan fingerprint density at radius 3 is 2.56 bits per heavy atom.